The predicted octanol–water partition coefficient (Wildman–Crippen LogP) is 5.40. The van der Waals surface area contributed by atoms with E-state index in [1.54, 1.807) is 10.6 Å². The SMILES string of the molecule is CCc1cc(C(=O)N2CCCCCC2C)nc2cc(-c3c(F)cc(Br)cc3F)nn12. The van der Waals surface area contributed by atoms with E-state index in [9.17, 15) is 13.6 Å². The fraction of sp³-hybridized carbons (Fsp3) is 0.409. The summed E-state index contributed by atoms with van der Waals surface area (Å²) in [5, 5.41) is 4.38. The van der Waals surface area contributed by atoms with Crippen molar-refractivity contribution in [2.24, 2.45) is 0 Å². The van der Waals surface area contributed by atoms with E-state index in [1.807, 2.05) is 11.8 Å². The molecule has 0 saturated carbocycles. The number of carbonyl (C=O) groups excluding carboxylic acids is 1. The van der Waals surface area contributed by atoms with Gasteiger partial charge in [-0.1, -0.05) is 35.7 Å². The van der Waals surface area contributed by atoms with Crippen molar-refractivity contribution in [1.29, 1.82) is 0 Å². The number of rotatable bonds is 3. The summed E-state index contributed by atoms with van der Waals surface area (Å²) in [5.41, 5.74) is 1.44. The monoisotopic (exact) mass is 476 g/mol. The van der Waals surface area contributed by atoms with Crippen molar-refractivity contribution in [2.45, 2.75) is 52.0 Å². The maximum absolute atomic E-state index is 14.4. The molecule has 4 rings (SSSR count). The number of amides is 1. The Kier molecular flexibility index (Phi) is 5.86. The van der Waals surface area contributed by atoms with Crippen molar-refractivity contribution in [1.82, 2.24) is 19.5 Å². The Hall–Kier alpha value is -2.35. The highest BCUT2D eigenvalue weighted by Gasteiger charge is 2.25. The molecule has 3 heterocycles. The summed E-state index contributed by atoms with van der Waals surface area (Å²) in [7, 11) is 0. The Morgan fingerprint density at radius 1 is 1.17 bits per heavy atom. The molecule has 1 amide bonds. The second-order valence-corrected chi connectivity index (χ2v) is 8.64. The Bertz CT molecular complexity index is 1090. The van der Waals surface area contributed by atoms with Gasteiger partial charge in [-0.25, -0.2) is 18.3 Å². The molecule has 0 N–H and O–H groups in total. The molecule has 5 nitrogen and oxygen atoms in total. The molecule has 30 heavy (non-hydrogen) atoms. The fourth-order valence-corrected chi connectivity index (χ4v) is 4.43. The molecule has 1 unspecified atom stereocenters. The number of aromatic nitrogens is 3. The minimum absolute atomic E-state index is 0.106. The lowest BCUT2D eigenvalue weighted by molar-refractivity contribution is 0.0692. The van der Waals surface area contributed by atoms with Crippen molar-refractivity contribution in [3.05, 3.63) is 51.8 Å². The molecule has 0 aliphatic carbocycles. The number of nitrogens with zero attached hydrogens (tertiary/aromatic N) is 4. The van der Waals surface area contributed by atoms with E-state index < -0.39 is 11.6 Å². The standard InChI is InChI=1S/C22H23BrF2N4O/c1-3-15-11-19(22(30)28-8-6-4-5-7-13(28)2)26-20-12-18(27-29(15)20)21-16(24)9-14(23)10-17(21)25/h9-13H,3-8H2,1-2H3. The van der Waals surface area contributed by atoms with Gasteiger partial charge in [0.05, 0.1) is 5.56 Å². The maximum atomic E-state index is 14.4. The first-order valence-corrected chi connectivity index (χ1v) is 11.0. The quantitative estimate of drug-likeness (QED) is 0.508. The molecule has 1 aliphatic heterocycles. The van der Waals surface area contributed by atoms with Gasteiger partial charge >= 0.3 is 0 Å². The van der Waals surface area contributed by atoms with Crippen LogP contribution >= 0.6 is 15.9 Å². The fourth-order valence-electron chi connectivity index (χ4n) is 4.03. The van der Waals surface area contributed by atoms with E-state index in [4.69, 9.17) is 0 Å². The molecule has 3 aromatic rings. The number of aryl methyl sites for hydroxylation is 1. The van der Waals surface area contributed by atoms with Gasteiger partial charge in [0.1, 0.15) is 23.0 Å². The van der Waals surface area contributed by atoms with Crippen LogP contribution in [0.3, 0.4) is 0 Å². The topological polar surface area (TPSA) is 50.5 Å². The summed E-state index contributed by atoms with van der Waals surface area (Å²) in [5.74, 6) is -1.53. The second-order valence-electron chi connectivity index (χ2n) is 7.73. The number of likely N-dealkylation sites (tertiary alicyclic amines) is 1. The first-order chi connectivity index (χ1) is 14.4. The van der Waals surface area contributed by atoms with Crippen molar-refractivity contribution in [3.63, 3.8) is 0 Å². The summed E-state index contributed by atoms with van der Waals surface area (Å²) in [4.78, 5) is 19.6. The van der Waals surface area contributed by atoms with Crippen LogP contribution in [0.15, 0.2) is 28.7 Å². The Balaban J connectivity index is 1.79. The number of halogens is 3. The lowest BCUT2D eigenvalue weighted by atomic mass is 10.1. The molecule has 1 fully saturated rings. The molecule has 8 heteroatoms. The summed E-state index contributed by atoms with van der Waals surface area (Å²) < 4.78 is 30.7. The third-order valence-electron chi connectivity index (χ3n) is 5.66. The van der Waals surface area contributed by atoms with Crippen LogP contribution in [-0.4, -0.2) is 38.0 Å². The van der Waals surface area contributed by atoms with Crippen LogP contribution in [0, 0.1) is 11.6 Å². The molecule has 1 saturated heterocycles. The highest BCUT2D eigenvalue weighted by atomic mass is 79.9. The van der Waals surface area contributed by atoms with Gasteiger partial charge in [0.2, 0.25) is 0 Å². The number of fused-ring (bicyclic) bond motifs is 1. The van der Waals surface area contributed by atoms with Gasteiger partial charge in [-0.15, -0.1) is 0 Å². The zero-order valence-electron chi connectivity index (χ0n) is 17.0. The minimum Gasteiger partial charge on any atom is -0.335 e. The summed E-state index contributed by atoms with van der Waals surface area (Å²) in [6.07, 6.45) is 4.80. The molecule has 2 aromatic heterocycles. The Morgan fingerprint density at radius 2 is 1.90 bits per heavy atom. The van der Waals surface area contributed by atoms with E-state index in [2.05, 4.69) is 32.9 Å². The van der Waals surface area contributed by atoms with E-state index in [-0.39, 0.29) is 23.2 Å². The van der Waals surface area contributed by atoms with Gasteiger partial charge in [0.15, 0.2) is 5.65 Å². The number of benzene rings is 1. The van der Waals surface area contributed by atoms with Crippen LogP contribution in [0.1, 0.15) is 55.7 Å². The van der Waals surface area contributed by atoms with Crippen LogP contribution in [0.2, 0.25) is 0 Å². The van der Waals surface area contributed by atoms with Gasteiger partial charge in [0, 0.05) is 28.8 Å². The van der Waals surface area contributed by atoms with Gasteiger partial charge < -0.3 is 4.90 Å². The summed E-state index contributed by atoms with van der Waals surface area (Å²) in [6, 6.07) is 5.82. The van der Waals surface area contributed by atoms with Crippen molar-refractivity contribution in [3.8, 4) is 11.3 Å². The molecular formula is C22H23BrF2N4O. The number of hydrogen-bond acceptors (Lipinski definition) is 3. The highest BCUT2D eigenvalue weighted by molar-refractivity contribution is 9.10. The third-order valence-corrected chi connectivity index (χ3v) is 6.12. The first-order valence-electron chi connectivity index (χ1n) is 10.2. The van der Waals surface area contributed by atoms with Crippen LogP contribution in [0.5, 0.6) is 0 Å². The second kappa shape index (κ2) is 8.41. The van der Waals surface area contributed by atoms with Gasteiger partial charge in [-0.2, -0.15) is 5.10 Å². The van der Waals surface area contributed by atoms with E-state index in [0.29, 0.717) is 28.8 Å². The molecule has 1 atom stereocenters. The van der Waals surface area contributed by atoms with Crippen LogP contribution < -0.4 is 0 Å². The van der Waals surface area contributed by atoms with Crippen molar-refractivity contribution < 1.29 is 13.6 Å². The molecular weight excluding hydrogens is 454 g/mol. The van der Waals surface area contributed by atoms with Crippen molar-refractivity contribution >= 4 is 27.5 Å². The minimum atomic E-state index is -0.710. The molecule has 158 valence electrons. The van der Waals surface area contributed by atoms with E-state index in [0.717, 1.165) is 31.4 Å². The van der Waals surface area contributed by atoms with Crippen LogP contribution in [-0.2, 0) is 6.42 Å². The molecule has 1 aromatic carbocycles. The number of carbonyl (C=O) groups is 1. The normalized spacial score (nSPS) is 17.4. The third kappa shape index (κ3) is 3.85. The summed E-state index contributed by atoms with van der Waals surface area (Å²) in [6.45, 7) is 4.73. The summed E-state index contributed by atoms with van der Waals surface area (Å²) >= 11 is 3.09. The van der Waals surface area contributed by atoms with Crippen molar-refractivity contribution in [2.75, 3.05) is 6.54 Å². The number of hydrogen-bond donors (Lipinski definition) is 0. The zero-order chi connectivity index (χ0) is 21.4. The Labute approximate surface area is 182 Å². The van der Waals surface area contributed by atoms with Crippen LogP contribution in [0.25, 0.3) is 16.9 Å². The van der Waals surface area contributed by atoms with Gasteiger partial charge in [-0.05, 0) is 44.4 Å². The first kappa shape index (κ1) is 20.9. The maximum Gasteiger partial charge on any atom is 0.272 e. The van der Waals surface area contributed by atoms with Crippen LogP contribution in [0.4, 0.5) is 8.78 Å². The average molecular weight is 477 g/mol. The largest absolute Gasteiger partial charge is 0.335 e. The zero-order valence-corrected chi connectivity index (χ0v) is 18.5. The highest BCUT2D eigenvalue weighted by Crippen LogP contribution is 2.29. The predicted molar refractivity (Wildman–Crippen MR) is 114 cm³/mol. The van der Waals surface area contributed by atoms with Gasteiger partial charge in [0.25, 0.3) is 5.91 Å². The smallest absolute Gasteiger partial charge is 0.272 e. The Morgan fingerprint density at radius 3 is 2.60 bits per heavy atom. The molecule has 0 radical (unpaired) electrons. The molecule has 0 bridgehead atoms. The molecule has 0 spiro atoms. The van der Waals surface area contributed by atoms with Gasteiger partial charge in [-0.3, -0.25) is 4.79 Å². The van der Waals surface area contributed by atoms with E-state index in [1.165, 1.54) is 18.2 Å². The molecule has 1 aliphatic rings. The average Bonchev–Trinajstić information content (AvgIpc) is 2.99. The lowest BCUT2D eigenvalue weighted by Crippen LogP contribution is -2.38. The lowest BCUT2D eigenvalue weighted by Gasteiger charge is -2.27. The van der Waals surface area contributed by atoms with E-state index >= 15 is 0 Å².